The lowest BCUT2D eigenvalue weighted by molar-refractivity contribution is 0.102. The van der Waals surface area contributed by atoms with Crippen LogP contribution in [0.25, 0.3) is 21.5 Å². The summed E-state index contributed by atoms with van der Waals surface area (Å²) in [6.07, 6.45) is 0. The van der Waals surface area contributed by atoms with Crippen LogP contribution in [-0.4, -0.2) is 42.4 Å². The van der Waals surface area contributed by atoms with E-state index in [1.165, 1.54) is 0 Å². The lowest BCUT2D eigenvalue weighted by Crippen LogP contribution is -2.36. The van der Waals surface area contributed by atoms with Crippen molar-refractivity contribution in [1.82, 2.24) is 10.1 Å². The summed E-state index contributed by atoms with van der Waals surface area (Å²) in [6, 6.07) is 10.8. The Balaban J connectivity index is 1.44. The molecule has 5 rings (SSSR count). The van der Waals surface area contributed by atoms with Crippen LogP contribution in [0.15, 0.2) is 40.9 Å². The van der Waals surface area contributed by atoms with E-state index in [0.717, 1.165) is 28.4 Å². The molecule has 0 atom stereocenters. The third kappa shape index (κ3) is 3.95. The number of nitrogens with one attached hydrogen (secondary N) is 1. The quantitative estimate of drug-likeness (QED) is 0.399. The number of hydrogen-bond acceptors (Lipinski definition) is 7. The van der Waals surface area contributed by atoms with Crippen LogP contribution in [0, 0.1) is 6.92 Å². The summed E-state index contributed by atoms with van der Waals surface area (Å²) in [5, 5.41) is 8.72. The van der Waals surface area contributed by atoms with Crippen molar-refractivity contribution in [1.29, 1.82) is 0 Å². The van der Waals surface area contributed by atoms with Crippen LogP contribution in [0.3, 0.4) is 0 Å². The molecular formula is C22H18Cl2N4O3S. The van der Waals surface area contributed by atoms with Gasteiger partial charge in [0, 0.05) is 24.3 Å². The van der Waals surface area contributed by atoms with Crippen molar-refractivity contribution >= 4 is 61.5 Å². The van der Waals surface area contributed by atoms with Gasteiger partial charge in [-0.3, -0.25) is 4.79 Å². The largest absolute Gasteiger partial charge is 0.378 e. The van der Waals surface area contributed by atoms with E-state index in [1.54, 1.807) is 36.5 Å². The summed E-state index contributed by atoms with van der Waals surface area (Å²) in [7, 11) is 0. The zero-order chi connectivity index (χ0) is 22.2. The highest BCUT2D eigenvalue weighted by Gasteiger charge is 2.25. The van der Waals surface area contributed by atoms with Crippen LogP contribution in [-0.2, 0) is 4.74 Å². The van der Waals surface area contributed by atoms with E-state index in [4.69, 9.17) is 37.4 Å². The second kappa shape index (κ2) is 8.71. The molecule has 0 radical (unpaired) electrons. The van der Waals surface area contributed by atoms with Crippen molar-refractivity contribution < 1.29 is 14.1 Å². The number of aryl methyl sites for hydroxylation is 1. The van der Waals surface area contributed by atoms with Crippen LogP contribution in [0.1, 0.15) is 16.1 Å². The molecule has 0 unspecified atom stereocenters. The zero-order valence-corrected chi connectivity index (χ0v) is 19.4. The van der Waals surface area contributed by atoms with Crippen LogP contribution in [0.2, 0.25) is 10.0 Å². The van der Waals surface area contributed by atoms with Crippen molar-refractivity contribution in [2.75, 3.05) is 36.5 Å². The van der Waals surface area contributed by atoms with Crippen LogP contribution in [0.5, 0.6) is 0 Å². The minimum absolute atomic E-state index is 0.290. The number of carbonyl (C=O) groups is 1. The van der Waals surface area contributed by atoms with Gasteiger partial charge in [-0.05, 0) is 37.3 Å². The fraction of sp³-hybridized carbons (Fsp3) is 0.227. The van der Waals surface area contributed by atoms with E-state index >= 15 is 0 Å². The molecule has 1 saturated heterocycles. The van der Waals surface area contributed by atoms with Gasteiger partial charge in [-0.2, -0.15) is 0 Å². The van der Waals surface area contributed by atoms with E-state index in [0.29, 0.717) is 51.5 Å². The molecule has 164 valence electrons. The Morgan fingerprint density at radius 1 is 1.16 bits per heavy atom. The molecule has 1 N–H and O–H groups in total. The molecule has 0 saturated carbocycles. The summed E-state index contributed by atoms with van der Waals surface area (Å²) in [5.74, 6) is 0.0222. The first kappa shape index (κ1) is 21.2. The average Bonchev–Trinajstić information content (AvgIpc) is 3.37. The molecule has 32 heavy (non-hydrogen) atoms. The van der Waals surface area contributed by atoms with Crippen molar-refractivity contribution in [2.24, 2.45) is 0 Å². The summed E-state index contributed by atoms with van der Waals surface area (Å²) in [6.45, 7) is 4.73. The summed E-state index contributed by atoms with van der Waals surface area (Å²) in [5.41, 5.74) is 2.60. The number of aromatic nitrogens is 2. The normalized spacial score (nSPS) is 14.2. The average molecular weight is 489 g/mol. The third-order valence-corrected chi connectivity index (χ3v) is 6.91. The van der Waals surface area contributed by atoms with E-state index in [2.05, 4.69) is 15.4 Å². The molecule has 10 heteroatoms. The van der Waals surface area contributed by atoms with Crippen LogP contribution >= 0.6 is 34.5 Å². The molecule has 0 bridgehead atoms. The van der Waals surface area contributed by atoms with Gasteiger partial charge in [-0.15, -0.1) is 0 Å². The fourth-order valence-electron chi connectivity index (χ4n) is 3.61. The number of ether oxygens (including phenoxy) is 1. The number of anilines is 2. The molecule has 1 aliphatic heterocycles. The summed E-state index contributed by atoms with van der Waals surface area (Å²) in [4.78, 5) is 20.1. The molecular weight excluding hydrogens is 471 g/mol. The van der Waals surface area contributed by atoms with Gasteiger partial charge in [0.25, 0.3) is 5.91 Å². The number of halogens is 2. The lowest BCUT2D eigenvalue weighted by atomic mass is 10.1. The van der Waals surface area contributed by atoms with Crippen molar-refractivity contribution in [3.8, 4) is 11.3 Å². The highest BCUT2D eigenvalue weighted by Crippen LogP contribution is 2.37. The minimum atomic E-state index is -0.355. The van der Waals surface area contributed by atoms with Gasteiger partial charge in [0.1, 0.15) is 17.0 Å². The van der Waals surface area contributed by atoms with Gasteiger partial charge in [-0.25, -0.2) is 4.98 Å². The standard InChI is InChI=1S/C22H18Cl2N4O3S/c1-12-18(20(27-31-12)19-14(23)3-2-4-15(19)24)21(29)25-13-5-6-16-17(11-13)32-22(26-16)28-7-9-30-10-8-28/h2-6,11H,7-10H2,1H3,(H,25,29). The van der Waals surface area contributed by atoms with Gasteiger partial charge < -0.3 is 19.5 Å². The maximum atomic E-state index is 13.2. The van der Waals surface area contributed by atoms with Gasteiger partial charge in [0.15, 0.2) is 5.13 Å². The second-order valence-corrected chi connectivity index (χ2v) is 9.12. The molecule has 0 aliphatic carbocycles. The number of rotatable bonds is 4. The molecule has 1 aliphatic rings. The van der Waals surface area contributed by atoms with Crippen LogP contribution in [0.4, 0.5) is 10.8 Å². The van der Waals surface area contributed by atoms with Gasteiger partial charge in [-0.1, -0.05) is 45.8 Å². The third-order valence-electron chi connectivity index (χ3n) is 5.21. The highest BCUT2D eigenvalue weighted by molar-refractivity contribution is 7.22. The van der Waals surface area contributed by atoms with Crippen molar-refractivity contribution in [2.45, 2.75) is 6.92 Å². The summed E-state index contributed by atoms with van der Waals surface area (Å²) < 4.78 is 11.7. The molecule has 1 fully saturated rings. The van der Waals surface area contributed by atoms with Crippen molar-refractivity contribution in [3.05, 3.63) is 57.8 Å². The lowest BCUT2D eigenvalue weighted by Gasteiger charge is -2.25. The van der Waals surface area contributed by atoms with Crippen LogP contribution < -0.4 is 10.2 Å². The number of nitrogens with zero attached hydrogens (tertiary/aromatic N) is 3. The Morgan fingerprint density at radius 2 is 1.91 bits per heavy atom. The molecule has 0 spiro atoms. The monoisotopic (exact) mass is 488 g/mol. The van der Waals surface area contributed by atoms with Gasteiger partial charge in [0.05, 0.1) is 33.5 Å². The number of fused-ring (bicyclic) bond motifs is 1. The first-order valence-corrected chi connectivity index (χ1v) is 11.5. The molecule has 2 aromatic carbocycles. The fourth-order valence-corrected chi connectivity index (χ4v) is 5.24. The SMILES string of the molecule is Cc1onc(-c2c(Cl)cccc2Cl)c1C(=O)Nc1ccc2nc(N3CCOCC3)sc2c1. The predicted octanol–water partition coefficient (Wildman–Crippen LogP) is 5.66. The molecule has 7 nitrogen and oxygen atoms in total. The Labute approximate surface area is 197 Å². The molecule has 4 aromatic rings. The maximum absolute atomic E-state index is 13.2. The predicted molar refractivity (Wildman–Crippen MR) is 127 cm³/mol. The number of morpholine rings is 1. The number of hydrogen-bond donors (Lipinski definition) is 1. The smallest absolute Gasteiger partial charge is 0.261 e. The first-order valence-electron chi connectivity index (χ1n) is 9.96. The summed E-state index contributed by atoms with van der Waals surface area (Å²) >= 11 is 14.2. The Morgan fingerprint density at radius 3 is 2.66 bits per heavy atom. The van der Waals surface area contributed by atoms with Gasteiger partial charge >= 0.3 is 0 Å². The number of benzene rings is 2. The second-order valence-electron chi connectivity index (χ2n) is 7.29. The maximum Gasteiger partial charge on any atom is 0.261 e. The van der Waals surface area contributed by atoms with Crippen molar-refractivity contribution in [3.63, 3.8) is 0 Å². The Hall–Kier alpha value is -2.65. The molecule has 3 heterocycles. The van der Waals surface area contributed by atoms with E-state index in [1.807, 2.05) is 18.2 Å². The van der Waals surface area contributed by atoms with E-state index < -0.39 is 0 Å². The Bertz CT molecular complexity index is 1290. The first-order chi connectivity index (χ1) is 15.5. The number of thiazole rings is 1. The highest BCUT2D eigenvalue weighted by atomic mass is 35.5. The zero-order valence-electron chi connectivity index (χ0n) is 17.0. The number of amides is 1. The van der Waals surface area contributed by atoms with Gasteiger partial charge in [0.2, 0.25) is 0 Å². The topological polar surface area (TPSA) is 80.5 Å². The minimum Gasteiger partial charge on any atom is -0.378 e. The molecule has 2 aromatic heterocycles. The number of carbonyl (C=O) groups excluding carboxylic acids is 1. The van der Waals surface area contributed by atoms with E-state index in [-0.39, 0.29) is 5.91 Å². The van der Waals surface area contributed by atoms with E-state index in [9.17, 15) is 4.79 Å². The molecule has 1 amide bonds. The Kier molecular flexibility index (Phi) is 5.77.